The third-order valence-electron chi connectivity index (χ3n) is 4.32. The van der Waals surface area contributed by atoms with E-state index in [2.05, 4.69) is 22.4 Å². The van der Waals surface area contributed by atoms with Crippen LogP contribution < -0.4 is 14.8 Å². The second kappa shape index (κ2) is 10.2. The number of methoxy groups -OCH3 is 1. The number of aromatic nitrogens is 2. The van der Waals surface area contributed by atoms with Crippen molar-refractivity contribution >= 4 is 17.7 Å². The molecule has 3 rings (SSSR count). The van der Waals surface area contributed by atoms with Gasteiger partial charge in [0.2, 0.25) is 17.6 Å². The minimum absolute atomic E-state index is 0.273. The van der Waals surface area contributed by atoms with E-state index in [1.165, 1.54) is 6.08 Å². The van der Waals surface area contributed by atoms with Gasteiger partial charge in [-0.25, -0.2) is 0 Å². The number of para-hydroxylation sites is 1. The molecule has 1 N–H and O–H groups in total. The van der Waals surface area contributed by atoms with Crippen molar-refractivity contribution < 1.29 is 18.8 Å². The molecule has 1 aromatic heterocycles. The fraction of sp³-hybridized carbons (Fsp3) is 0.261. The molecule has 0 atom stereocenters. The zero-order chi connectivity index (χ0) is 21.3. The van der Waals surface area contributed by atoms with E-state index in [-0.39, 0.29) is 5.91 Å². The molecule has 7 nitrogen and oxygen atoms in total. The predicted octanol–water partition coefficient (Wildman–Crippen LogP) is 4.88. The Kier molecular flexibility index (Phi) is 7.21. The van der Waals surface area contributed by atoms with Crippen LogP contribution in [0.1, 0.15) is 31.2 Å². The molecule has 0 aliphatic heterocycles. The topological polar surface area (TPSA) is 86.5 Å². The Hall–Kier alpha value is -3.61. The van der Waals surface area contributed by atoms with Crippen molar-refractivity contribution in [3.8, 4) is 22.9 Å². The molecule has 0 bridgehead atoms. The molecule has 0 radical (unpaired) electrons. The Morgan fingerprint density at radius 2 is 2.03 bits per heavy atom. The summed E-state index contributed by atoms with van der Waals surface area (Å²) in [5.74, 6) is 1.94. The van der Waals surface area contributed by atoms with E-state index in [0.29, 0.717) is 41.1 Å². The average Bonchev–Trinajstić information content (AvgIpc) is 3.19. The monoisotopic (exact) mass is 407 g/mol. The van der Waals surface area contributed by atoms with E-state index < -0.39 is 0 Å². The number of aryl methyl sites for hydroxylation is 1. The smallest absolute Gasteiger partial charge is 0.248 e. The molecule has 0 spiro atoms. The van der Waals surface area contributed by atoms with E-state index in [4.69, 9.17) is 14.0 Å². The maximum atomic E-state index is 12.5. The van der Waals surface area contributed by atoms with E-state index in [0.717, 1.165) is 18.4 Å². The van der Waals surface area contributed by atoms with Crippen molar-refractivity contribution in [2.75, 3.05) is 19.0 Å². The molecular weight excluding hydrogens is 382 g/mol. The Labute approximate surface area is 175 Å². The zero-order valence-corrected chi connectivity index (χ0v) is 17.3. The number of nitrogens with zero attached hydrogens (tertiary/aromatic N) is 2. The molecule has 1 heterocycles. The van der Waals surface area contributed by atoms with Crippen molar-refractivity contribution in [2.24, 2.45) is 0 Å². The van der Waals surface area contributed by atoms with Crippen LogP contribution in [-0.4, -0.2) is 29.8 Å². The van der Waals surface area contributed by atoms with Gasteiger partial charge in [-0.15, -0.1) is 0 Å². The number of carbonyl (C=O) groups excluding carboxylic acids is 1. The molecule has 30 heavy (non-hydrogen) atoms. The van der Waals surface area contributed by atoms with Crippen LogP contribution in [0.25, 0.3) is 17.5 Å². The van der Waals surface area contributed by atoms with Crippen LogP contribution in [0.3, 0.4) is 0 Å². The SMILES string of the molecule is CCCCOc1ccc(/C=C/C(=O)Nc2ccccc2-c2noc(C)n2)cc1OC. The second-order valence-corrected chi connectivity index (χ2v) is 6.62. The lowest BCUT2D eigenvalue weighted by atomic mass is 10.1. The average molecular weight is 407 g/mol. The van der Waals surface area contributed by atoms with Crippen molar-refractivity contribution in [3.63, 3.8) is 0 Å². The first-order chi connectivity index (χ1) is 14.6. The maximum absolute atomic E-state index is 12.5. The number of nitrogens with one attached hydrogen (secondary N) is 1. The fourth-order valence-corrected chi connectivity index (χ4v) is 2.78. The summed E-state index contributed by atoms with van der Waals surface area (Å²) in [5, 5.41) is 6.78. The molecule has 0 unspecified atom stereocenters. The number of hydrogen-bond acceptors (Lipinski definition) is 6. The minimum atomic E-state index is -0.273. The van der Waals surface area contributed by atoms with Crippen LogP contribution in [0, 0.1) is 6.92 Å². The molecule has 156 valence electrons. The standard InChI is InChI=1S/C23H25N3O4/c1-4-5-14-29-20-12-10-17(15-21(20)28-3)11-13-22(27)25-19-9-7-6-8-18(19)23-24-16(2)30-26-23/h6-13,15H,4-5,14H2,1-3H3,(H,25,27)/b13-11+. The molecule has 0 fully saturated rings. The largest absolute Gasteiger partial charge is 0.493 e. The van der Waals surface area contributed by atoms with Gasteiger partial charge in [-0.3, -0.25) is 4.79 Å². The molecular formula is C23H25N3O4. The number of unbranched alkanes of at least 4 members (excludes halogenated alkanes) is 1. The van der Waals surface area contributed by atoms with Gasteiger partial charge >= 0.3 is 0 Å². The molecule has 0 aliphatic rings. The number of amides is 1. The van der Waals surface area contributed by atoms with Gasteiger partial charge in [0.05, 0.1) is 19.4 Å². The van der Waals surface area contributed by atoms with Crippen molar-refractivity contribution in [2.45, 2.75) is 26.7 Å². The van der Waals surface area contributed by atoms with E-state index in [1.807, 2.05) is 36.4 Å². The first-order valence-electron chi connectivity index (χ1n) is 9.80. The fourth-order valence-electron chi connectivity index (χ4n) is 2.78. The summed E-state index contributed by atoms with van der Waals surface area (Å²) in [5.41, 5.74) is 2.11. The highest BCUT2D eigenvalue weighted by Gasteiger charge is 2.12. The third kappa shape index (κ3) is 5.47. The summed E-state index contributed by atoms with van der Waals surface area (Å²) in [6.45, 7) is 4.47. The third-order valence-corrected chi connectivity index (χ3v) is 4.32. The lowest BCUT2D eigenvalue weighted by molar-refractivity contribution is -0.111. The molecule has 0 saturated carbocycles. The lowest BCUT2D eigenvalue weighted by Gasteiger charge is -2.11. The highest BCUT2D eigenvalue weighted by Crippen LogP contribution is 2.29. The minimum Gasteiger partial charge on any atom is -0.493 e. The summed E-state index contributed by atoms with van der Waals surface area (Å²) >= 11 is 0. The van der Waals surface area contributed by atoms with Gasteiger partial charge in [0, 0.05) is 18.6 Å². The van der Waals surface area contributed by atoms with Gasteiger partial charge in [-0.05, 0) is 42.3 Å². The highest BCUT2D eigenvalue weighted by atomic mass is 16.5. The van der Waals surface area contributed by atoms with Crippen LogP contribution in [0.5, 0.6) is 11.5 Å². The predicted molar refractivity (Wildman–Crippen MR) is 116 cm³/mol. The second-order valence-electron chi connectivity index (χ2n) is 6.62. The highest BCUT2D eigenvalue weighted by molar-refractivity contribution is 6.03. The molecule has 3 aromatic rings. The Morgan fingerprint density at radius 3 is 2.77 bits per heavy atom. The van der Waals surface area contributed by atoms with Crippen molar-refractivity contribution in [1.29, 1.82) is 0 Å². The van der Waals surface area contributed by atoms with E-state index >= 15 is 0 Å². The van der Waals surface area contributed by atoms with Gasteiger partial charge in [0.1, 0.15) is 0 Å². The Bertz CT molecular complexity index is 1030. The van der Waals surface area contributed by atoms with Gasteiger partial charge in [0.15, 0.2) is 11.5 Å². The van der Waals surface area contributed by atoms with E-state index in [1.54, 1.807) is 26.2 Å². The van der Waals surface area contributed by atoms with Gasteiger partial charge in [0.25, 0.3) is 0 Å². The summed E-state index contributed by atoms with van der Waals surface area (Å²) in [7, 11) is 1.60. The lowest BCUT2D eigenvalue weighted by Crippen LogP contribution is -2.09. The van der Waals surface area contributed by atoms with Crippen LogP contribution in [0.15, 0.2) is 53.1 Å². The molecule has 0 saturated heterocycles. The first kappa shape index (κ1) is 21.1. The normalized spacial score (nSPS) is 10.9. The summed E-state index contributed by atoms with van der Waals surface area (Å²) in [6.07, 6.45) is 5.23. The maximum Gasteiger partial charge on any atom is 0.248 e. The molecule has 2 aromatic carbocycles. The summed E-state index contributed by atoms with van der Waals surface area (Å²) in [4.78, 5) is 16.7. The quantitative estimate of drug-likeness (QED) is 0.402. The number of ether oxygens (including phenoxy) is 2. The number of carbonyl (C=O) groups is 1. The number of anilines is 1. The number of rotatable bonds is 9. The summed E-state index contributed by atoms with van der Waals surface area (Å²) < 4.78 is 16.2. The van der Waals surface area contributed by atoms with Gasteiger partial charge in [-0.1, -0.05) is 36.7 Å². The first-order valence-corrected chi connectivity index (χ1v) is 9.80. The van der Waals surface area contributed by atoms with Crippen molar-refractivity contribution in [3.05, 3.63) is 60.0 Å². The van der Waals surface area contributed by atoms with Crippen LogP contribution in [-0.2, 0) is 4.79 Å². The molecule has 1 amide bonds. The summed E-state index contributed by atoms with van der Waals surface area (Å²) in [6, 6.07) is 12.9. The van der Waals surface area contributed by atoms with Gasteiger partial charge in [-0.2, -0.15) is 4.98 Å². The van der Waals surface area contributed by atoms with Crippen LogP contribution in [0.4, 0.5) is 5.69 Å². The van der Waals surface area contributed by atoms with Gasteiger partial charge < -0.3 is 19.3 Å². The van der Waals surface area contributed by atoms with Crippen molar-refractivity contribution in [1.82, 2.24) is 10.1 Å². The van der Waals surface area contributed by atoms with E-state index in [9.17, 15) is 4.79 Å². The van der Waals surface area contributed by atoms with Crippen LogP contribution >= 0.6 is 0 Å². The molecule has 7 heteroatoms. The Morgan fingerprint density at radius 1 is 1.20 bits per heavy atom. The number of benzene rings is 2. The number of hydrogen-bond donors (Lipinski definition) is 1. The van der Waals surface area contributed by atoms with Crippen LogP contribution in [0.2, 0.25) is 0 Å². The zero-order valence-electron chi connectivity index (χ0n) is 17.3. The molecule has 0 aliphatic carbocycles. The Balaban J connectivity index is 1.70.